The van der Waals surface area contributed by atoms with Gasteiger partial charge in [0.1, 0.15) is 18.1 Å². The SMILES string of the molecule is CC(C)(C)OC(=O)N[C@@](CF)(CCC(C)(C#N)S(C)(=O)=O)c1ccccc1F. The Morgan fingerprint density at radius 1 is 1.21 bits per heavy atom. The van der Waals surface area contributed by atoms with Crippen LogP contribution in [0.1, 0.15) is 46.1 Å². The first-order chi connectivity index (χ1) is 12.7. The fourth-order valence-electron chi connectivity index (χ4n) is 2.56. The standard InChI is InChI=1S/C19H26F2N2O4S/c1-17(2,3)27-16(24)23-19(12-20,14-8-6-7-9-15(14)21)11-10-18(4,13-22)28(5,25)26/h6-9H,10-12H2,1-5H3,(H,23,24)/t18?,19-/m1/s1. The lowest BCUT2D eigenvalue weighted by molar-refractivity contribution is 0.0416. The highest BCUT2D eigenvalue weighted by Gasteiger charge is 2.43. The van der Waals surface area contributed by atoms with E-state index in [9.17, 15) is 27.3 Å². The van der Waals surface area contributed by atoms with E-state index in [1.807, 2.05) is 0 Å². The van der Waals surface area contributed by atoms with Gasteiger partial charge in [0.05, 0.1) is 11.6 Å². The summed E-state index contributed by atoms with van der Waals surface area (Å²) in [5.41, 5.74) is -2.93. The van der Waals surface area contributed by atoms with Gasteiger partial charge in [0.15, 0.2) is 14.6 Å². The number of hydrogen-bond acceptors (Lipinski definition) is 5. The van der Waals surface area contributed by atoms with Gasteiger partial charge in [0.2, 0.25) is 0 Å². The lowest BCUT2D eigenvalue weighted by atomic mass is 9.84. The Balaban J connectivity index is 3.37. The van der Waals surface area contributed by atoms with Gasteiger partial charge in [-0.15, -0.1) is 0 Å². The van der Waals surface area contributed by atoms with Crippen LogP contribution >= 0.6 is 0 Å². The molecule has 0 aromatic heterocycles. The fraction of sp³-hybridized carbons (Fsp3) is 0.579. The first kappa shape index (κ1) is 23.8. The van der Waals surface area contributed by atoms with Crippen LogP contribution in [-0.4, -0.2) is 37.8 Å². The summed E-state index contributed by atoms with van der Waals surface area (Å²) in [4.78, 5) is 12.3. The minimum atomic E-state index is -3.82. The molecule has 0 radical (unpaired) electrons. The number of nitriles is 1. The molecular weight excluding hydrogens is 390 g/mol. The van der Waals surface area contributed by atoms with Gasteiger partial charge in [0, 0.05) is 11.8 Å². The van der Waals surface area contributed by atoms with Crippen molar-refractivity contribution in [1.82, 2.24) is 5.32 Å². The third kappa shape index (κ3) is 5.64. The number of nitrogens with zero attached hydrogens (tertiary/aromatic N) is 1. The molecule has 0 aliphatic carbocycles. The Kier molecular flexibility index (Phi) is 7.18. The quantitative estimate of drug-likeness (QED) is 0.732. The molecule has 156 valence electrons. The minimum absolute atomic E-state index is 0.155. The highest BCUT2D eigenvalue weighted by Crippen LogP contribution is 2.34. The summed E-state index contributed by atoms with van der Waals surface area (Å²) < 4.78 is 56.1. The summed E-state index contributed by atoms with van der Waals surface area (Å²) in [7, 11) is -3.82. The number of amides is 1. The first-order valence-corrected chi connectivity index (χ1v) is 10.5. The van der Waals surface area contributed by atoms with Gasteiger partial charge in [-0.2, -0.15) is 5.26 Å². The van der Waals surface area contributed by atoms with E-state index < -0.39 is 44.3 Å². The van der Waals surface area contributed by atoms with Crippen molar-refractivity contribution in [2.24, 2.45) is 0 Å². The lowest BCUT2D eigenvalue weighted by Gasteiger charge is -2.35. The lowest BCUT2D eigenvalue weighted by Crippen LogP contribution is -2.51. The maximum absolute atomic E-state index is 14.5. The van der Waals surface area contributed by atoms with Gasteiger partial charge in [-0.05, 0) is 46.6 Å². The Morgan fingerprint density at radius 3 is 2.21 bits per heavy atom. The highest BCUT2D eigenvalue weighted by atomic mass is 32.2. The van der Waals surface area contributed by atoms with Crippen LogP contribution in [0.25, 0.3) is 0 Å². The predicted octanol–water partition coefficient (Wildman–Crippen LogP) is 3.62. The van der Waals surface area contributed by atoms with Gasteiger partial charge in [-0.25, -0.2) is 22.0 Å². The highest BCUT2D eigenvalue weighted by molar-refractivity contribution is 7.92. The monoisotopic (exact) mass is 416 g/mol. The molecule has 1 amide bonds. The summed E-state index contributed by atoms with van der Waals surface area (Å²) in [5.74, 6) is -0.769. The fourth-order valence-corrected chi connectivity index (χ4v) is 3.20. The smallest absolute Gasteiger partial charge is 0.408 e. The molecule has 0 saturated heterocycles. The molecule has 0 bridgehead atoms. The van der Waals surface area contributed by atoms with Crippen LogP contribution in [0.15, 0.2) is 24.3 Å². The zero-order valence-corrected chi connectivity index (χ0v) is 17.5. The van der Waals surface area contributed by atoms with Crippen LogP contribution in [0, 0.1) is 17.1 Å². The molecule has 0 spiro atoms. The van der Waals surface area contributed by atoms with Gasteiger partial charge in [0.25, 0.3) is 0 Å². The summed E-state index contributed by atoms with van der Waals surface area (Å²) in [5, 5.41) is 11.7. The summed E-state index contributed by atoms with van der Waals surface area (Å²) in [6.07, 6.45) is -0.735. The molecule has 1 N–H and O–H groups in total. The van der Waals surface area contributed by atoms with Crippen LogP contribution in [0.3, 0.4) is 0 Å². The number of ether oxygens (including phenoxy) is 1. The second-order valence-corrected chi connectivity index (χ2v) is 10.4. The largest absolute Gasteiger partial charge is 0.444 e. The van der Waals surface area contributed by atoms with E-state index in [4.69, 9.17) is 4.74 Å². The van der Waals surface area contributed by atoms with E-state index in [2.05, 4.69) is 5.32 Å². The molecule has 0 aliphatic heterocycles. The van der Waals surface area contributed by atoms with Crippen LogP contribution in [-0.2, 0) is 20.1 Å². The number of rotatable bonds is 7. The average Bonchev–Trinajstić information content (AvgIpc) is 2.56. The second kappa shape index (κ2) is 8.43. The first-order valence-electron chi connectivity index (χ1n) is 8.63. The normalized spacial score (nSPS) is 16.4. The van der Waals surface area contributed by atoms with Crippen molar-refractivity contribution in [3.63, 3.8) is 0 Å². The number of halogens is 2. The number of hydrogen-bond donors (Lipinski definition) is 1. The maximum Gasteiger partial charge on any atom is 0.408 e. The van der Waals surface area contributed by atoms with Crippen molar-refractivity contribution in [3.8, 4) is 6.07 Å². The third-order valence-electron chi connectivity index (χ3n) is 4.44. The van der Waals surface area contributed by atoms with Crippen molar-refractivity contribution in [3.05, 3.63) is 35.6 Å². The summed E-state index contributed by atoms with van der Waals surface area (Å²) in [6.45, 7) is 4.83. The van der Waals surface area contributed by atoms with E-state index in [1.165, 1.54) is 25.1 Å². The van der Waals surface area contributed by atoms with E-state index in [0.29, 0.717) is 0 Å². The third-order valence-corrected chi connectivity index (χ3v) is 6.37. The summed E-state index contributed by atoms with van der Waals surface area (Å²) >= 11 is 0. The Morgan fingerprint density at radius 2 is 1.79 bits per heavy atom. The van der Waals surface area contributed by atoms with Gasteiger partial charge in [-0.3, -0.25) is 0 Å². The molecule has 28 heavy (non-hydrogen) atoms. The number of sulfone groups is 1. The van der Waals surface area contributed by atoms with Crippen LogP contribution in [0.2, 0.25) is 0 Å². The number of alkyl halides is 1. The molecule has 1 unspecified atom stereocenters. The van der Waals surface area contributed by atoms with E-state index in [1.54, 1.807) is 26.8 Å². The molecule has 1 rings (SSSR count). The van der Waals surface area contributed by atoms with Crippen molar-refractivity contribution >= 4 is 15.9 Å². The van der Waals surface area contributed by atoms with Crippen molar-refractivity contribution in [1.29, 1.82) is 5.26 Å². The van der Waals surface area contributed by atoms with Crippen LogP contribution in [0.4, 0.5) is 13.6 Å². The van der Waals surface area contributed by atoms with Gasteiger partial charge in [-0.1, -0.05) is 18.2 Å². The second-order valence-electron chi connectivity index (χ2n) is 7.94. The zero-order chi connectivity index (χ0) is 21.8. The molecule has 0 aliphatic rings. The average molecular weight is 416 g/mol. The van der Waals surface area contributed by atoms with Gasteiger partial charge < -0.3 is 10.1 Å². The Hall–Kier alpha value is -2.21. The molecule has 0 heterocycles. The molecule has 1 aromatic carbocycles. The number of carbonyl (C=O) groups excluding carboxylic acids is 1. The van der Waals surface area contributed by atoms with E-state index in [-0.39, 0.29) is 18.4 Å². The Labute approximate surface area is 164 Å². The topological polar surface area (TPSA) is 96.3 Å². The van der Waals surface area contributed by atoms with E-state index >= 15 is 0 Å². The summed E-state index contributed by atoms with van der Waals surface area (Å²) in [6, 6.07) is 7.01. The van der Waals surface area contributed by atoms with Crippen molar-refractivity contribution in [2.75, 3.05) is 12.9 Å². The van der Waals surface area contributed by atoms with Crippen molar-refractivity contribution < 1.29 is 26.7 Å². The minimum Gasteiger partial charge on any atom is -0.444 e. The molecule has 0 fully saturated rings. The molecular formula is C19H26F2N2O4S. The number of alkyl carbamates (subject to hydrolysis) is 1. The Bertz CT molecular complexity index is 861. The molecule has 6 nitrogen and oxygen atoms in total. The molecule has 0 saturated carbocycles. The molecule has 9 heteroatoms. The molecule has 2 atom stereocenters. The molecule has 1 aromatic rings. The van der Waals surface area contributed by atoms with Gasteiger partial charge >= 0.3 is 6.09 Å². The zero-order valence-electron chi connectivity index (χ0n) is 16.7. The number of benzene rings is 1. The van der Waals surface area contributed by atoms with Crippen molar-refractivity contribution in [2.45, 2.75) is 56.4 Å². The van der Waals surface area contributed by atoms with Crippen LogP contribution in [0.5, 0.6) is 0 Å². The predicted molar refractivity (Wildman–Crippen MR) is 102 cm³/mol. The number of carbonyl (C=O) groups is 1. The maximum atomic E-state index is 14.5. The van der Waals surface area contributed by atoms with E-state index in [0.717, 1.165) is 12.3 Å². The van der Waals surface area contributed by atoms with Crippen LogP contribution < -0.4 is 5.32 Å². The number of nitrogens with one attached hydrogen (secondary N) is 1.